The van der Waals surface area contributed by atoms with E-state index in [0.717, 1.165) is 22.9 Å². The normalized spacial score (nSPS) is 14.9. The molecule has 1 aliphatic rings. The van der Waals surface area contributed by atoms with Crippen molar-refractivity contribution in [1.29, 1.82) is 5.26 Å². The monoisotopic (exact) mass is 680 g/mol. The number of rotatable bonds is 7. The first-order valence-corrected chi connectivity index (χ1v) is 14.4. The van der Waals surface area contributed by atoms with E-state index in [-0.39, 0.29) is 29.6 Å². The summed E-state index contributed by atoms with van der Waals surface area (Å²) in [5.41, 5.74) is 2.95. The first-order valence-electron chi connectivity index (χ1n) is 12.0. The minimum absolute atomic E-state index is 0.0599. The smallest absolute Gasteiger partial charge is 0.344 e. The first kappa shape index (κ1) is 29.3. The number of halogens is 2. The number of carbonyl (C=O) groups is 2. The second-order valence-electron chi connectivity index (χ2n) is 8.46. The number of benzene rings is 3. The quantitative estimate of drug-likeness (QED) is 0.255. The number of hydrogen-bond donors (Lipinski definition) is 1. The van der Waals surface area contributed by atoms with Crippen LogP contribution in [0.1, 0.15) is 39.5 Å². The van der Waals surface area contributed by atoms with E-state index in [2.05, 4.69) is 42.9 Å². The highest BCUT2D eigenvalue weighted by Crippen LogP contribution is 2.41. The molecule has 1 N–H and O–H groups in total. The Labute approximate surface area is 252 Å². The van der Waals surface area contributed by atoms with Crippen LogP contribution < -0.4 is 4.74 Å². The third-order valence-corrected chi connectivity index (χ3v) is 7.97. The molecule has 0 spiro atoms. The number of hydrogen-bond acceptors (Lipinski definition) is 7. The lowest BCUT2D eigenvalue weighted by molar-refractivity contribution is -0.138. The summed E-state index contributed by atoms with van der Waals surface area (Å²) in [5, 5.41) is 20.4. The molecule has 1 aliphatic heterocycles. The van der Waals surface area contributed by atoms with Crippen molar-refractivity contribution in [1.82, 2.24) is 0 Å². The van der Waals surface area contributed by atoms with Crippen LogP contribution in [-0.2, 0) is 16.1 Å². The van der Waals surface area contributed by atoms with E-state index in [4.69, 9.17) is 9.47 Å². The summed E-state index contributed by atoms with van der Waals surface area (Å²) < 4.78 is 12.4. The number of aliphatic imine (C=N–C) groups is 1. The van der Waals surface area contributed by atoms with Gasteiger partial charge >= 0.3 is 5.97 Å². The largest absolute Gasteiger partial charge is 0.506 e. The molecule has 40 heavy (non-hydrogen) atoms. The fraction of sp³-hybridized carbons (Fsp3) is 0.133. The lowest BCUT2D eigenvalue weighted by Crippen LogP contribution is -2.14. The lowest BCUT2D eigenvalue weighted by Gasteiger charge is -2.12. The Morgan fingerprint density at radius 2 is 1.77 bits per heavy atom. The molecule has 0 unspecified atom stereocenters. The van der Waals surface area contributed by atoms with Gasteiger partial charge in [-0.25, -0.2) is 9.79 Å². The SMILES string of the molecule is CCOC(=O)C1=C(O)/C(=C/c2cc(Br)c(OCc3ccccc3C#N)c(Br)c2)SC1=NC(=O)c1ccccc1C. The van der Waals surface area contributed by atoms with Crippen molar-refractivity contribution < 1.29 is 24.2 Å². The number of nitrogens with zero attached hydrogens (tertiary/aromatic N) is 2. The van der Waals surface area contributed by atoms with Gasteiger partial charge in [-0.15, -0.1) is 0 Å². The molecule has 3 aromatic rings. The topological polar surface area (TPSA) is 109 Å². The Kier molecular flexibility index (Phi) is 9.63. The molecule has 4 rings (SSSR count). The van der Waals surface area contributed by atoms with Crippen LogP contribution in [0, 0.1) is 18.3 Å². The molecule has 0 aliphatic carbocycles. The van der Waals surface area contributed by atoms with Crippen molar-refractivity contribution >= 4 is 66.6 Å². The maximum absolute atomic E-state index is 12.9. The molecule has 0 atom stereocenters. The predicted molar refractivity (Wildman–Crippen MR) is 162 cm³/mol. The zero-order valence-electron chi connectivity index (χ0n) is 21.4. The molecule has 0 bridgehead atoms. The summed E-state index contributed by atoms with van der Waals surface area (Å²) in [7, 11) is 0. The number of carbonyl (C=O) groups excluding carboxylic acids is 2. The highest BCUT2D eigenvalue weighted by atomic mass is 79.9. The average molecular weight is 682 g/mol. The maximum Gasteiger partial charge on any atom is 0.344 e. The third kappa shape index (κ3) is 6.55. The van der Waals surface area contributed by atoms with Crippen LogP contribution in [0.15, 0.2) is 90.8 Å². The third-order valence-electron chi connectivity index (χ3n) is 5.78. The number of aryl methyl sites for hydroxylation is 1. The van der Waals surface area contributed by atoms with E-state index in [1.54, 1.807) is 62.4 Å². The van der Waals surface area contributed by atoms with E-state index < -0.39 is 11.9 Å². The fourth-order valence-electron chi connectivity index (χ4n) is 3.81. The van der Waals surface area contributed by atoms with Crippen molar-refractivity contribution in [3.8, 4) is 11.8 Å². The van der Waals surface area contributed by atoms with Crippen LogP contribution in [0.5, 0.6) is 5.75 Å². The summed E-state index contributed by atoms with van der Waals surface area (Å²) in [6.07, 6.45) is 1.67. The van der Waals surface area contributed by atoms with Gasteiger partial charge in [-0.3, -0.25) is 4.79 Å². The second-order valence-corrected chi connectivity index (χ2v) is 11.2. The van der Waals surface area contributed by atoms with Gasteiger partial charge in [0.25, 0.3) is 5.91 Å². The van der Waals surface area contributed by atoms with Crippen LogP contribution in [0.2, 0.25) is 0 Å². The van der Waals surface area contributed by atoms with Gasteiger partial charge in [-0.05, 0) is 87.2 Å². The summed E-state index contributed by atoms with van der Waals surface area (Å²) >= 11 is 8.07. The summed E-state index contributed by atoms with van der Waals surface area (Å²) in [5.74, 6) is -1.08. The zero-order chi connectivity index (χ0) is 28.8. The number of ether oxygens (including phenoxy) is 2. The minimum Gasteiger partial charge on any atom is -0.506 e. The van der Waals surface area contributed by atoms with Crippen LogP contribution >= 0.6 is 43.6 Å². The van der Waals surface area contributed by atoms with Crippen LogP contribution in [0.25, 0.3) is 6.08 Å². The lowest BCUT2D eigenvalue weighted by atomic mass is 10.1. The van der Waals surface area contributed by atoms with Gasteiger partial charge in [0.2, 0.25) is 0 Å². The van der Waals surface area contributed by atoms with Crippen molar-refractivity contribution in [3.63, 3.8) is 0 Å². The Bertz CT molecular complexity index is 1620. The van der Waals surface area contributed by atoms with Gasteiger partial charge < -0.3 is 14.6 Å². The molecular formula is C30H22Br2N2O5S. The van der Waals surface area contributed by atoms with Gasteiger partial charge in [0.05, 0.1) is 32.1 Å². The van der Waals surface area contributed by atoms with Crippen molar-refractivity contribution in [2.75, 3.05) is 6.61 Å². The molecule has 0 radical (unpaired) electrons. The number of aliphatic hydroxyl groups excluding tert-OH is 1. The average Bonchev–Trinajstić information content (AvgIpc) is 3.22. The summed E-state index contributed by atoms with van der Waals surface area (Å²) in [6, 6.07) is 19.9. The first-order chi connectivity index (χ1) is 19.2. The Morgan fingerprint density at radius 1 is 1.10 bits per heavy atom. The molecular weight excluding hydrogens is 660 g/mol. The highest BCUT2D eigenvalue weighted by Gasteiger charge is 2.34. The van der Waals surface area contributed by atoms with E-state index >= 15 is 0 Å². The molecule has 0 fully saturated rings. The molecule has 0 saturated carbocycles. The van der Waals surface area contributed by atoms with E-state index in [0.29, 0.717) is 36.3 Å². The van der Waals surface area contributed by atoms with Crippen molar-refractivity contribution in [2.45, 2.75) is 20.5 Å². The van der Waals surface area contributed by atoms with Crippen LogP contribution in [0.3, 0.4) is 0 Å². The number of esters is 1. The van der Waals surface area contributed by atoms with Crippen LogP contribution in [-0.4, -0.2) is 28.6 Å². The molecule has 1 amide bonds. The van der Waals surface area contributed by atoms with E-state index in [1.807, 2.05) is 18.2 Å². The molecule has 10 heteroatoms. The van der Waals surface area contributed by atoms with Crippen molar-refractivity contribution in [2.24, 2.45) is 4.99 Å². The van der Waals surface area contributed by atoms with Gasteiger partial charge in [0.1, 0.15) is 28.7 Å². The van der Waals surface area contributed by atoms with Gasteiger partial charge in [0, 0.05) is 11.1 Å². The maximum atomic E-state index is 12.9. The number of aliphatic hydroxyl groups is 1. The summed E-state index contributed by atoms with van der Waals surface area (Å²) in [4.78, 5) is 30.1. The molecule has 7 nitrogen and oxygen atoms in total. The minimum atomic E-state index is -0.768. The van der Waals surface area contributed by atoms with E-state index in [1.165, 1.54) is 0 Å². The van der Waals surface area contributed by atoms with Gasteiger partial charge in [0.15, 0.2) is 0 Å². The number of amides is 1. The molecule has 0 saturated heterocycles. The molecule has 0 aromatic heterocycles. The Morgan fingerprint density at radius 3 is 2.45 bits per heavy atom. The fourth-order valence-corrected chi connectivity index (χ4v) is 6.28. The number of nitriles is 1. The zero-order valence-corrected chi connectivity index (χ0v) is 25.4. The van der Waals surface area contributed by atoms with Gasteiger partial charge in [-0.2, -0.15) is 5.26 Å². The molecule has 3 aromatic carbocycles. The standard InChI is InChI=1S/C30H22Br2N2O5S/c1-3-38-30(37)25-26(35)24(40-29(25)34-28(36)21-11-7-4-8-17(21)2)14-18-12-22(31)27(23(32)13-18)39-16-20-10-6-5-9-19(20)15-33/h4-14,35H,3,16H2,1-2H3/b24-14-,34-29?. The van der Waals surface area contributed by atoms with Gasteiger partial charge in [-0.1, -0.05) is 48.2 Å². The van der Waals surface area contributed by atoms with Crippen molar-refractivity contribution in [3.05, 3.63) is 114 Å². The molecule has 1 heterocycles. The van der Waals surface area contributed by atoms with E-state index in [9.17, 15) is 20.0 Å². The Balaban J connectivity index is 1.65. The highest BCUT2D eigenvalue weighted by molar-refractivity contribution is 9.11. The predicted octanol–water partition coefficient (Wildman–Crippen LogP) is 7.67. The second kappa shape index (κ2) is 13.1. The summed E-state index contributed by atoms with van der Waals surface area (Å²) in [6.45, 7) is 3.74. The Hall–Kier alpha value is -3.65. The molecule has 202 valence electrons. The number of thioether (sulfide) groups is 1. The van der Waals surface area contributed by atoms with Crippen LogP contribution in [0.4, 0.5) is 0 Å².